The van der Waals surface area contributed by atoms with E-state index < -0.39 is 26.7 Å². The molecule has 0 aromatic heterocycles. The van der Waals surface area contributed by atoms with E-state index in [1.54, 1.807) is 0 Å². The molecule has 1 atom stereocenters. The smallest absolute Gasteiger partial charge is 0.289 e. The van der Waals surface area contributed by atoms with Crippen LogP contribution in [0.2, 0.25) is 0 Å². The van der Waals surface area contributed by atoms with E-state index in [9.17, 15) is 18.5 Å². The van der Waals surface area contributed by atoms with Crippen molar-refractivity contribution in [3.05, 3.63) is 70.3 Å². The third-order valence-electron chi connectivity index (χ3n) is 3.23. The van der Waals surface area contributed by atoms with Gasteiger partial charge in [0.2, 0.25) is 10.0 Å². The molecule has 0 fully saturated rings. The number of nitrogens with one attached hydrogen (secondary N) is 1. The molecule has 0 unspecified atom stereocenters. The molecule has 0 spiro atoms. The molecule has 0 radical (unpaired) electrons. The summed E-state index contributed by atoms with van der Waals surface area (Å²) in [5.41, 5.74) is 6.46. The Hall–Kier alpha value is -2.29. The van der Waals surface area contributed by atoms with E-state index in [0.29, 0.717) is 6.42 Å². The minimum absolute atomic E-state index is 0.0106. The summed E-state index contributed by atoms with van der Waals surface area (Å²) in [6.45, 7) is -0.0106. The van der Waals surface area contributed by atoms with E-state index in [-0.39, 0.29) is 11.4 Å². The van der Waals surface area contributed by atoms with Crippen LogP contribution in [0, 0.1) is 10.1 Å². The van der Waals surface area contributed by atoms with E-state index in [1.165, 1.54) is 18.2 Å². The molecule has 7 nitrogen and oxygen atoms in total. The van der Waals surface area contributed by atoms with Gasteiger partial charge >= 0.3 is 0 Å². The molecule has 23 heavy (non-hydrogen) atoms. The number of hydrogen-bond acceptors (Lipinski definition) is 5. The first-order valence-corrected chi connectivity index (χ1v) is 8.41. The fraction of sp³-hybridized carbons (Fsp3) is 0.200. The second-order valence-electron chi connectivity index (χ2n) is 5.03. The van der Waals surface area contributed by atoms with Crippen molar-refractivity contribution in [2.24, 2.45) is 5.73 Å². The lowest BCUT2D eigenvalue weighted by Crippen LogP contribution is -2.38. The van der Waals surface area contributed by atoms with Crippen molar-refractivity contribution < 1.29 is 13.3 Å². The van der Waals surface area contributed by atoms with Gasteiger partial charge in [0.25, 0.3) is 5.69 Å². The SMILES string of the molecule is N[C@@H](CNS(=O)(=O)c1ccccc1[N+](=O)[O-])Cc1ccccc1. The molecule has 3 N–H and O–H groups in total. The van der Waals surface area contributed by atoms with Gasteiger partial charge in [-0.3, -0.25) is 10.1 Å². The predicted molar refractivity (Wildman–Crippen MR) is 86.4 cm³/mol. The van der Waals surface area contributed by atoms with Crippen LogP contribution in [0.5, 0.6) is 0 Å². The second-order valence-corrected chi connectivity index (χ2v) is 6.76. The van der Waals surface area contributed by atoms with Gasteiger partial charge in [-0.15, -0.1) is 0 Å². The van der Waals surface area contributed by atoms with Gasteiger partial charge < -0.3 is 5.73 Å². The van der Waals surface area contributed by atoms with Crippen LogP contribution in [-0.2, 0) is 16.4 Å². The summed E-state index contributed by atoms with van der Waals surface area (Å²) in [5.74, 6) is 0. The van der Waals surface area contributed by atoms with Crippen molar-refractivity contribution in [3.8, 4) is 0 Å². The Bertz CT molecular complexity index is 778. The van der Waals surface area contributed by atoms with E-state index in [0.717, 1.165) is 11.6 Å². The summed E-state index contributed by atoms with van der Waals surface area (Å²) in [6.07, 6.45) is 0.500. The topological polar surface area (TPSA) is 115 Å². The Labute approximate surface area is 134 Å². The number of nitrogens with zero attached hydrogens (tertiary/aromatic N) is 1. The van der Waals surface area contributed by atoms with Crippen molar-refractivity contribution in [1.82, 2.24) is 4.72 Å². The van der Waals surface area contributed by atoms with E-state index in [1.807, 2.05) is 30.3 Å². The first-order chi connectivity index (χ1) is 10.9. The molecule has 2 rings (SSSR count). The third-order valence-corrected chi connectivity index (χ3v) is 4.70. The molecule has 2 aromatic carbocycles. The van der Waals surface area contributed by atoms with E-state index >= 15 is 0 Å². The van der Waals surface area contributed by atoms with Crippen molar-refractivity contribution in [2.75, 3.05) is 6.54 Å². The van der Waals surface area contributed by atoms with Crippen LogP contribution in [0.1, 0.15) is 5.56 Å². The Balaban J connectivity index is 2.06. The lowest BCUT2D eigenvalue weighted by Gasteiger charge is -2.13. The monoisotopic (exact) mass is 335 g/mol. The highest BCUT2D eigenvalue weighted by Gasteiger charge is 2.25. The predicted octanol–water partition coefficient (Wildman–Crippen LogP) is 1.44. The fourth-order valence-corrected chi connectivity index (χ4v) is 3.38. The maximum absolute atomic E-state index is 12.2. The molecule has 8 heteroatoms. The van der Waals surface area contributed by atoms with Gasteiger partial charge in [-0.1, -0.05) is 42.5 Å². The Morgan fingerprint density at radius 1 is 1.09 bits per heavy atom. The third kappa shape index (κ3) is 4.59. The largest absolute Gasteiger partial charge is 0.326 e. The van der Waals surface area contributed by atoms with Crippen molar-refractivity contribution >= 4 is 15.7 Å². The number of nitrogens with two attached hydrogens (primary N) is 1. The quantitative estimate of drug-likeness (QED) is 0.587. The molecule has 2 aromatic rings. The normalized spacial score (nSPS) is 12.7. The molecule has 0 saturated carbocycles. The first kappa shape index (κ1) is 17.1. The molecule has 0 bridgehead atoms. The summed E-state index contributed by atoms with van der Waals surface area (Å²) in [7, 11) is -3.99. The van der Waals surface area contributed by atoms with Crippen molar-refractivity contribution in [2.45, 2.75) is 17.4 Å². The zero-order valence-electron chi connectivity index (χ0n) is 12.3. The average Bonchev–Trinajstić information content (AvgIpc) is 2.54. The highest BCUT2D eigenvalue weighted by Crippen LogP contribution is 2.22. The highest BCUT2D eigenvalue weighted by molar-refractivity contribution is 7.89. The van der Waals surface area contributed by atoms with Gasteiger partial charge in [0.05, 0.1) is 4.92 Å². The number of benzene rings is 2. The number of hydrogen-bond donors (Lipinski definition) is 2. The lowest BCUT2D eigenvalue weighted by atomic mass is 10.1. The van der Waals surface area contributed by atoms with Gasteiger partial charge in [-0.05, 0) is 18.1 Å². The maximum atomic E-state index is 12.2. The minimum Gasteiger partial charge on any atom is -0.326 e. The summed E-state index contributed by atoms with van der Waals surface area (Å²) in [4.78, 5) is 9.85. The molecular weight excluding hydrogens is 318 g/mol. The minimum atomic E-state index is -3.99. The number of para-hydroxylation sites is 1. The number of rotatable bonds is 7. The summed E-state index contributed by atoms with van der Waals surface area (Å²) < 4.78 is 26.8. The Morgan fingerprint density at radius 3 is 2.35 bits per heavy atom. The van der Waals surface area contributed by atoms with Crippen LogP contribution < -0.4 is 10.5 Å². The van der Waals surface area contributed by atoms with Gasteiger partial charge in [0, 0.05) is 18.7 Å². The standard InChI is InChI=1S/C15H17N3O4S/c16-13(10-12-6-2-1-3-7-12)11-17-23(21,22)15-9-5-4-8-14(15)18(19)20/h1-9,13,17H,10-11,16H2/t13-/m1/s1. The summed E-state index contributed by atoms with van der Waals surface area (Å²) >= 11 is 0. The van der Waals surface area contributed by atoms with Gasteiger partial charge in [-0.25, -0.2) is 13.1 Å². The summed E-state index contributed by atoms with van der Waals surface area (Å²) in [5, 5.41) is 10.9. The van der Waals surface area contributed by atoms with Crippen LogP contribution in [0.15, 0.2) is 59.5 Å². The second kappa shape index (κ2) is 7.32. The Morgan fingerprint density at radius 2 is 1.70 bits per heavy atom. The van der Waals surface area contributed by atoms with Gasteiger partial charge in [0.15, 0.2) is 4.90 Å². The molecule has 0 heterocycles. The van der Waals surface area contributed by atoms with Crippen LogP contribution in [0.3, 0.4) is 0 Å². The number of sulfonamides is 1. The fourth-order valence-electron chi connectivity index (χ4n) is 2.12. The summed E-state index contributed by atoms with van der Waals surface area (Å²) in [6, 6.07) is 14.2. The molecule has 0 saturated heterocycles. The molecule has 122 valence electrons. The van der Waals surface area contributed by atoms with Gasteiger partial charge in [0.1, 0.15) is 0 Å². The van der Waals surface area contributed by atoms with Crippen LogP contribution in [0.4, 0.5) is 5.69 Å². The van der Waals surface area contributed by atoms with Crippen LogP contribution >= 0.6 is 0 Å². The average molecular weight is 335 g/mol. The molecular formula is C15H17N3O4S. The zero-order chi connectivity index (χ0) is 16.9. The van der Waals surface area contributed by atoms with Crippen molar-refractivity contribution in [3.63, 3.8) is 0 Å². The Kier molecular flexibility index (Phi) is 5.43. The molecule has 0 aliphatic heterocycles. The number of nitro groups is 1. The zero-order valence-corrected chi connectivity index (χ0v) is 13.1. The van der Waals surface area contributed by atoms with E-state index in [2.05, 4.69) is 4.72 Å². The number of nitro benzene ring substituents is 1. The lowest BCUT2D eigenvalue weighted by molar-refractivity contribution is -0.387. The van der Waals surface area contributed by atoms with E-state index in [4.69, 9.17) is 5.73 Å². The van der Waals surface area contributed by atoms with Crippen molar-refractivity contribution in [1.29, 1.82) is 0 Å². The maximum Gasteiger partial charge on any atom is 0.289 e. The van der Waals surface area contributed by atoms with Crippen LogP contribution in [-0.4, -0.2) is 25.9 Å². The molecule has 0 amide bonds. The first-order valence-electron chi connectivity index (χ1n) is 6.93. The highest BCUT2D eigenvalue weighted by atomic mass is 32.2. The molecule has 0 aliphatic carbocycles. The molecule has 0 aliphatic rings. The van der Waals surface area contributed by atoms with Crippen LogP contribution in [0.25, 0.3) is 0 Å². The van der Waals surface area contributed by atoms with Gasteiger partial charge in [-0.2, -0.15) is 0 Å².